The Labute approximate surface area is 121 Å². The number of fused-ring (bicyclic) bond motifs is 1. The van der Waals surface area contributed by atoms with E-state index in [9.17, 15) is 14.4 Å². The largest absolute Gasteiger partial charge is 0.322 e. The highest BCUT2D eigenvalue weighted by molar-refractivity contribution is 6.52. The van der Waals surface area contributed by atoms with Gasteiger partial charge in [-0.05, 0) is 36.8 Å². The van der Waals surface area contributed by atoms with Crippen molar-refractivity contribution >= 4 is 29.0 Å². The molecule has 1 heterocycles. The molecule has 0 atom stereocenters. The molecule has 0 bridgehead atoms. The van der Waals surface area contributed by atoms with Crippen molar-refractivity contribution in [2.45, 2.75) is 6.92 Å². The Kier molecular flexibility index (Phi) is 3.02. The summed E-state index contributed by atoms with van der Waals surface area (Å²) in [4.78, 5) is 35.2. The van der Waals surface area contributed by atoms with Gasteiger partial charge in [-0.1, -0.05) is 18.2 Å². The highest BCUT2D eigenvalue weighted by Gasteiger charge is 2.29. The molecule has 0 saturated carbocycles. The molecule has 1 aliphatic rings. The number of hydrogen-bond acceptors (Lipinski definition) is 3. The molecule has 5 heteroatoms. The lowest BCUT2D eigenvalue weighted by Gasteiger charge is -2.09. The maximum Gasteiger partial charge on any atom is 0.296 e. The lowest BCUT2D eigenvalue weighted by atomic mass is 10.1. The van der Waals surface area contributed by atoms with Crippen LogP contribution in [0, 0.1) is 6.92 Å². The zero-order chi connectivity index (χ0) is 15.0. The summed E-state index contributed by atoms with van der Waals surface area (Å²) in [7, 11) is 0. The molecular formula is C16H12N2O3. The minimum Gasteiger partial charge on any atom is -0.322 e. The van der Waals surface area contributed by atoms with Gasteiger partial charge < -0.3 is 10.6 Å². The van der Waals surface area contributed by atoms with Gasteiger partial charge in [-0.15, -0.1) is 0 Å². The van der Waals surface area contributed by atoms with E-state index in [1.54, 1.807) is 37.3 Å². The second kappa shape index (κ2) is 4.86. The van der Waals surface area contributed by atoms with Gasteiger partial charge in [0.1, 0.15) is 0 Å². The third-order valence-corrected chi connectivity index (χ3v) is 3.32. The maximum absolute atomic E-state index is 12.1. The van der Waals surface area contributed by atoms with Crippen LogP contribution in [0.1, 0.15) is 26.3 Å². The molecule has 104 valence electrons. The van der Waals surface area contributed by atoms with Gasteiger partial charge >= 0.3 is 0 Å². The first-order chi connectivity index (χ1) is 10.1. The third kappa shape index (κ3) is 2.29. The summed E-state index contributed by atoms with van der Waals surface area (Å²) in [5, 5.41) is 5.26. The molecule has 3 rings (SSSR count). The molecule has 0 aliphatic carbocycles. The smallest absolute Gasteiger partial charge is 0.296 e. The molecule has 0 saturated heterocycles. The number of anilines is 2. The van der Waals surface area contributed by atoms with E-state index in [1.165, 1.54) is 6.07 Å². The zero-order valence-electron chi connectivity index (χ0n) is 11.3. The summed E-state index contributed by atoms with van der Waals surface area (Å²) >= 11 is 0. The number of amides is 2. The van der Waals surface area contributed by atoms with E-state index in [2.05, 4.69) is 10.6 Å². The summed E-state index contributed by atoms with van der Waals surface area (Å²) < 4.78 is 0. The van der Waals surface area contributed by atoms with E-state index in [0.29, 0.717) is 22.5 Å². The van der Waals surface area contributed by atoms with Crippen molar-refractivity contribution in [3.8, 4) is 0 Å². The van der Waals surface area contributed by atoms with Crippen LogP contribution in [-0.4, -0.2) is 17.6 Å². The number of ketones is 1. The summed E-state index contributed by atoms with van der Waals surface area (Å²) in [6, 6.07) is 12.0. The average molecular weight is 280 g/mol. The number of aryl methyl sites for hydroxylation is 1. The maximum atomic E-state index is 12.1. The Bertz CT molecular complexity index is 767. The van der Waals surface area contributed by atoms with E-state index in [0.717, 1.165) is 5.56 Å². The number of rotatable bonds is 2. The summed E-state index contributed by atoms with van der Waals surface area (Å²) in [5.74, 6) is -1.48. The minimum absolute atomic E-state index is 0.264. The van der Waals surface area contributed by atoms with Crippen LogP contribution in [0.15, 0.2) is 42.5 Å². The van der Waals surface area contributed by atoms with E-state index in [1.807, 2.05) is 6.07 Å². The SMILES string of the molecule is Cc1cc(NC(=O)c2ccccc2)cc2c1NC(=O)C2=O. The molecule has 2 aromatic rings. The van der Waals surface area contributed by atoms with Crippen LogP contribution in [0.25, 0.3) is 0 Å². The van der Waals surface area contributed by atoms with Gasteiger partial charge in [0.15, 0.2) is 0 Å². The average Bonchev–Trinajstić information content (AvgIpc) is 2.77. The van der Waals surface area contributed by atoms with Gasteiger partial charge in [-0.2, -0.15) is 0 Å². The van der Waals surface area contributed by atoms with Crippen molar-refractivity contribution in [2.75, 3.05) is 10.6 Å². The zero-order valence-corrected chi connectivity index (χ0v) is 11.3. The molecule has 0 spiro atoms. The molecule has 2 aromatic carbocycles. The number of carbonyl (C=O) groups is 3. The van der Waals surface area contributed by atoms with Crippen molar-refractivity contribution in [1.82, 2.24) is 0 Å². The normalized spacial score (nSPS) is 12.8. The Morgan fingerprint density at radius 2 is 1.81 bits per heavy atom. The number of nitrogens with one attached hydrogen (secondary N) is 2. The monoisotopic (exact) mass is 280 g/mol. The van der Waals surface area contributed by atoms with Crippen LogP contribution in [-0.2, 0) is 4.79 Å². The fourth-order valence-electron chi connectivity index (χ4n) is 2.29. The summed E-state index contributed by atoms with van der Waals surface area (Å²) in [6.45, 7) is 1.77. The molecule has 0 unspecified atom stereocenters. The number of carbonyl (C=O) groups excluding carboxylic acids is 3. The minimum atomic E-state index is -0.639. The van der Waals surface area contributed by atoms with Gasteiger partial charge in [0.05, 0.1) is 11.3 Å². The predicted molar refractivity (Wildman–Crippen MR) is 78.5 cm³/mol. The van der Waals surface area contributed by atoms with Crippen LogP contribution in [0.2, 0.25) is 0 Å². The Morgan fingerprint density at radius 3 is 2.52 bits per heavy atom. The second-order valence-electron chi connectivity index (χ2n) is 4.82. The van der Waals surface area contributed by atoms with Gasteiger partial charge in [-0.3, -0.25) is 14.4 Å². The first-order valence-electron chi connectivity index (χ1n) is 6.43. The fraction of sp³-hybridized carbons (Fsp3) is 0.0625. The van der Waals surface area contributed by atoms with Gasteiger partial charge in [0.25, 0.3) is 17.6 Å². The second-order valence-corrected chi connectivity index (χ2v) is 4.82. The molecule has 21 heavy (non-hydrogen) atoms. The molecule has 2 N–H and O–H groups in total. The number of hydrogen-bond donors (Lipinski definition) is 2. The lowest BCUT2D eigenvalue weighted by Crippen LogP contribution is -2.13. The topological polar surface area (TPSA) is 75.3 Å². The van der Waals surface area contributed by atoms with Gasteiger partial charge in [-0.25, -0.2) is 0 Å². The Hall–Kier alpha value is -2.95. The van der Waals surface area contributed by atoms with Gasteiger partial charge in [0.2, 0.25) is 0 Å². The fourth-order valence-corrected chi connectivity index (χ4v) is 2.29. The highest BCUT2D eigenvalue weighted by atomic mass is 16.2. The summed E-state index contributed by atoms with van der Waals surface area (Å²) in [6.07, 6.45) is 0. The third-order valence-electron chi connectivity index (χ3n) is 3.32. The predicted octanol–water partition coefficient (Wildman–Crippen LogP) is 2.38. The van der Waals surface area contributed by atoms with E-state index >= 15 is 0 Å². The van der Waals surface area contributed by atoms with Crippen LogP contribution >= 0.6 is 0 Å². The van der Waals surface area contributed by atoms with E-state index < -0.39 is 11.7 Å². The number of benzene rings is 2. The van der Waals surface area contributed by atoms with Crippen molar-refractivity contribution in [3.63, 3.8) is 0 Å². The Morgan fingerprint density at radius 1 is 1.10 bits per heavy atom. The first-order valence-corrected chi connectivity index (χ1v) is 6.43. The lowest BCUT2D eigenvalue weighted by molar-refractivity contribution is -0.112. The molecule has 0 fully saturated rings. The van der Waals surface area contributed by atoms with Gasteiger partial charge in [0, 0.05) is 11.3 Å². The van der Waals surface area contributed by atoms with Crippen molar-refractivity contribution in [3.05, 3.63) is 59.2 Å². The quantitative estimate of drug-likeness (QED) is 0.829. The van der Waals surface area contributed by atoms with E-state index in [-0.39, 0.29) is 5.91 Å². The standard InChI is InChI=1S/C16H12N2O3/c1-9-7-11(8-12-13(9)18-16(21)14(12)19)17-15(20)10-5-3-2-4-6-10/h2-8H,1H3,(H,17,20)(H,18,19,21). The molecule has 5 nitrogen and oxygen atoms in total. The van der Waals surface area contributed by atoms with Crippen LogP contribution in [0.3, 0.4) is 0 Å². The molecule has 0 aromatic heterocycles. The highest BCUT2D eigenvalue weighted by Crippen LogP contribution is 2.30. The molecular weight excluding hydrogens is 268 g/mol. The van der Waals surface area contributed by atoms with Crippen LogP contribution in [0.4, 0.5) is 11.4 Å². The van der Waals surface area contributed by atoms with E-state index in [4.69, 9.17) is 0 Å². The summed E-state index contributed by atoms with van der Waals surface area (Å²) in [5.41, 5.74) is 2.56. The van der Waals surface area contributed by atoms with Crippen molar-refractivity contribution in [1.29, 1.82) is 0 Å². The first kappa shape index (κ1) is 13.1. The van der Waals surface area contributed by atoms with Crippen LogP contribution in [0.5, 0.6) is 0 Å². The molecule has 2 amide bonds. The number of Topliss-reactive ketones (excluding diaryl/α,β-unsaturated/α-hetero) is 1. The van der Waals surface area contributed by atoms with Crippen molar-refractivity contribution in [2.24, 2.45) is 0 Å². The van der Waals surface area contributed by atoms with Crippen molar-refractivity contribution < 1.29 is 14.4 Å². The van der Waals surface area contributed by atoms with Crippen LogP contribution < -0.4 is 10.6 Å². The molecule has 1 aliphatic heterocycles. The Balaban J connectivity index is 1.92. The molecule has 0 radical (unpaired) electrons.